The molecular weight excluding hydrogens is 383 g/mol. The Bertz CT molecular complexity index is 1180. The Morgan fingerprint density at radius 2 is 1.90 bits per heavy atom. The summed E-state index contributed by atoms with van der Waals surface area (Å²) in [5, 5.41) is 8.34. The minimum atomic E-state index is -0.539. The summed E-state index contributed by atoms with van der Waals surface area (Å²) in [5.74, 6) is -0.0669. The average molecular weight is 402 g/mol. The van der Waals surface area contributed by atoms with Gasteiger partial charge in [0.2, 0.25) is 5.95 Å². The average Bonchev–Trinajstić information content (AvgIpc) is 3.26. The summed E-state index contributed by atoms with van der Waals surface area (Å²) in [6, 6.07) is 14.8. The number of rotatable bonds is 5. The molecule has 2 amide bonds. The van der Waals surface area contributed by atoms with Crippen molar-refractivity contribution in [2.45, 2.75) is 6.92 Å². The van der Waals surface area contributed by atoms with E-state index in [1.807, 2.05) is 37.5 Å². The maximum Gasteiger partial charge on any atom is 0.323 e. The largest absolute Gasteiger partial charge is 0.367 e. The number of hydrogen-bond donors (Lipinski definition) is 4. The molecule has 4 rings (SSSR count). The highest BCUT2D eigenvalue weighted by atomic mass is 19.1. The highest BCUT2D eigenvalue weighted by molar-refractivity contribution is 6.00. The van der Waals surface area contributed by atoms with Gasteiger partial charge < -0.3 is 20.9 Å². The highest BCUT2D eigenvalue weighted by Crippen LogP contribution is 2.21. The van der Waals surface area contributed by atoms with Crippen molar-refractivity contribution >= 4 is 29.0 Å². The Morgan fingerprint density at radius 3 is 2.73 bits per heavy atom. The van der Waals surface area contributed by atoms with Crippen LogP contribution in [-0.2, 0) is 0 Å². The van der Waals surface area contributed by atoms with Gasteiger partial charge in [0.25, 0.3) is 0 Å². The van der Waals surface area contributed by atoms with Gasteiger partial charge in [0, 0.05) is 35.5 Å². The molecule has 7 nitrogen and oxygen atoms in total. The van der Waals surface area contributed by atoms with Crippen LogP contribution in [0.3, 0.4) is 0 Å². The Morgan fingerprint density at radius 1 is 1.03 bits per heavy atom. The van der Waals surface area contributed by atoms with Crippen LogP contribution in [0.2, 0.25) is 0 Å². The van der Waals surface area contributed by atoms with E-state index in [0.29, 0.717) is 17.3 Å². The second kappa shape index (κ2) is 8.44. The molecule has 0 radical (unpaired) electrons. The summed E-state index contributed by atoms with van der Waals surface area (Å²) in [5.41, 5.74) is 3.93. The predicted octanol–water partition coefficient (Wildman–Crippen LogP) is 5.31. The van der Waals surface area contributed by atoms with Gasteiger partial charge >= 0.3 is 6.03 Å². The molecule has 0 fully saturated rings. The van der Waals surface area contributed by atoms with Crippen LogP contribution in [0.15, 0.2) is 73.2 Å². The molecule has 0 bridgehead atoms. The molecule has 0 aliphatic heterocycles. The van der Waals surface area contributed by atoms with Crippen molar-refractivity contribution in [3.63, 3.8) is 0 Å². The molecule has 150 valence electrons. The molecule has 8 heteroatoms. The second-order valence-electron chi connectivity index (χ2n) is 6.63. The predicted molar refractivity (Wildman–Crippen MR) is 115 cm³/mol. The number of nitrogens with zero attached hydrogens (tertiary/aromatic N) is 2. The first-order valence-corrected chi connectivity index (χ1v) is 9.24. The molecule has 0 spiro atoms. The lowest BCUT2D eigenvalue weighted by Gasteiger charge is -2.11. The number of benzene rings is 2. The van der Waals surface area contributed by atoms with Gasteiger partial charge in [-0.25, -0.2) is 19.2 Å². The topological polar surface area (TPSA) is 94.7 Å². The third-order valence-electron chi connectivity index (χ3n) is 4.30. The molecule has 2 heterocycles. The van der Waals surface area contributed by atoms with E-state index in [9.17, 15) is 9.18 Å². The summed E-state index contributed by atoms with van der Waals surface area (Å²) < 4.78 is 13.8. The molecule has 30 heavy (non-hydrogen) atoms. The number of halogens is 1. The van der Waals surface area contributed by atoms with E-state index in [0.717, 1.165) is 16.8 Å². The fourth-order valence-electron chi connectivity index (χ4n) is 2.89. The van der Waals surface area contributed by atoms with Crippen molar-refractivity contribution in [2.75, 3.05) is 16.0 Å². The van der Waals surface area contributed by atoms with Crippen molar-refractivity contribution in [3.05, 3.63) is 84.6 Å². The lowest BCUT2D eigenvalue weighted by atomic mass is 10.2. The minimum absolute atomic E-state index is 0.122. The zero-order chi connectivity index (χ0) is 20.9. The zero-order valence-electron chi connectivity index (χ0n) is 16.1. The molecule has 2 aromatic heterocycles. The van der Waals surface area contributed by atoms with Crippen molar-refractivity contribution < 1.29 is 9.18 Å². The number of carbonyl (C=O) groups excluding carboxylic acids is 1. The van der Waals surface area contributed by atoms with Gasteiger partial charge in [0.05, 0.1) is 11.4 Å². The summed E-state index contributed by atoms with van der Waals surface area (Å²) in [7, 11) is 0. The van der Waals surface area contributed by atoms with Crippen molar-refractivity contribution in [3.8, 4) is 11.3 Å². The Hall–Kier alpha value is -4.20. The summed E-state index contributed by atoms with van der Waals surface area (Å²) in [6.07, 6.45) is 5.35. The molecular formula is C22H19FN6O. The molecule has 0 unspecified atom stereocenters. The highest BCUT2D eigenvalue weighted by Gasteiger charge is 2.08. The van der Waals surface area contributed by atoms with Crippen LogP contribution >= 0.6 is 0 Å². The van der Waals surface area contributed by atoms with Gasteiger partial charge in [-0.05, 0) is 55.0 Å². The summed E-state index contributed by atoms with van der Waals surface area (Å²) in [4.78, 5) is 24.0. The molecule has 4 N–H and O–H groups in total. The van der Waals surface area contributed by atoms with Gasteiger partial charge in [0.15, 0.2) is 0 Å². The van der Waals surface area contributed by atoms with Crippen LogP contribution in [0, 0.1) is 12.7 Å². The maximum atomic E-state index is 13.8. The Kier molecular flexibility index (Phi) is 5.38. The van der Waals surface area contributed by atoms with Crippen LogP contribution in [0.25, 0.3) is 11.3 Å². The van der Waals surface area contributed by atoms with E-state index in [4.69, 9.17) is 0 Å². The first-order valence-electron chi connectivity index (χ1n) is 9.24. The Labute approximate surface area is 172 Å². The summed E-state index contributed by atoms with van der Waals surface area (Å²) in [6.45, 7) is 1.82. The fourth-order valence-corrected chi connectivity index (χ4v) is 2.89. The monoisotopic (exact) mass is 402 g/mol. The smallest absolute Gasteiger partial charge is 0.323 e. The number of hydrogen-bond acceptors (Lipinski definition) is 4. The number of urea groups is 1. The van der Waals surface area contributed by atoms with Crippen LogP contribution in [0.5, 0.6) is 0 Å². The van der Waals surface area contributed by atoms with Crippen molar-refractivity contribution in [2.24, 2.45) is 0 Å². The molecule has 0 aliphatic rings. The van der Waals surface area contributed by atoms with E-state index < -0.39 is 11.8 Å². The van der Waals surface area contributed by atoms with Crippen LogP contribution in [0.1, 0.15) is 5.56 Å². The zero-order valence-corrected chi connectivity index (χ0v) is 16.1. The van der Waals surface area contributed by atoms with Crippen molar-refractivity contribution in [1.29, 1.82) is 0 Å². The number of aromatic amines is 1. The van der Waals surface area contributed by atoms with Crippen LogP contribution in [0.4, 0.5) is 32.2 Å². The standard InChI is InChI=1S/C22H19FN6O/c1-14-5-6-18(23)20(11-14)29-22(30)27-17-4-2-3-16(12-17)26-21-25-10-8-19(28-21)15-7-9-24-13-15/h2-13,24H,1H3,(H,25,26,28)(H2,27,29,30). The van der Waals surface area contributed by atoms with Gasteiger partial charge in [-0.3, -0.25) is 0 Å². The van der Waals surface area contributed by atoms with E-state index in [1.165, 1.54) is 6.07 Å². The van der Waals surface area contributed by atoms with Crippen LogP contribution in [-0.4, -0.2) is 21.0 Å². The number of aromatic nitrogens is 3. The first-order chi connectivity index (χ1) is 14.6. The fraction of sp³-hybridized carbons (Fsp3) is 0.0455. The number of nitrogens with one attached hydrogen (secondary N) is 4. The van der Waals surface area contributed by atoms with Gasteiger partial charge in [-0.2, -0.15) is 0 Å². The van der Waals surface area contributed by atoms with E-state index >= 15 is 0 Å². The normalized spacial score (nSPS) is 10.5. The summed E-state index contributed by atoms with van der Waals surface area (Å²) >= 11 is 0. The van der Waals surface area contributed by atoms with Gasteiger partial charge in [-0.1, -0.05) is 12.1 Å². The van der Waals surface area contributed by atoms with E-state index in [2.05, 4.69) is 30.9 Å². The van der Waals surface area contributed by atoms with Gasteiger partial charge in [0.1, 0.15) is 5.82 Å². The molecule has 2 aromatic carbocycles. The quantitative estimate of drug-likeness (QED) is 0.364. The number of aryl methyl sites for hydroxylation is 1. The maximum absolute atomic E-state index is 13.8. The molecule has 0 saturated heterocycles. The third-order valence-corrected chi connectivity index (χ3v) is 4.30. The SMILES string of the molecule is Cc1ccc(F)c(NC(=O)Nc2cccc(Nc3nccc(-c4cc[nH]c4)n3)c2)c1. The molecule has 4 aromatic rings. The number of H-pyrrole nitrogens is 1. The number of anilines is 4. The third kappa shape index (κ3) is 4.61. The lowest BCUT2D eigenvalue weighted by molar-refractivity contribution is 0.262. The molecule has 0 atom stereocenters. The Balaban J connectivity index is 1.45. The van der Waals surface area contributed by atoms with Crippen LogP contribution < -0.4 is 16.0 Å². The minimum Gasteiger partial charge on any atom is -0.367 e. The number of carbonyl (C=O) groups is 1. The van der Waals surface area contributed by atoms with Crippen molar-refractivity contribution in [1.82, 2.24) is 15.0 Å². The second-order valence-corrected chi connectivity index (χ2v) is 6.63. The molecule has 0 aliphatic carbocycles. The lowest BCUT2D eigenvalue weighted by Crippen LogP contribution is -2.20. The first kappa shape index (κ1) is 19.1. The molecule has 0 saturated carbocycles. The van der Waals surface area contributed by atoms with Gasteiger partial charge in [-0.15, -0.1) is 0 Å². The number of amides is 2. The van der Waals surface area contributed by atoms with E-state index in [-0.39, 0.29) is 5.69 Å². The van der Waals surface area contributed by atoms with E-state index in [1.54, 1.807) is 36.5 Å².